The van der Waals surface area contributed by atoms with E-state index >= 15 is 0 Å². The third-order valence-electron chi connectivity index (χ3n) is 1.52. The molecule has 2 N–H and O–H groups in total. The van der Waals surface area contributed by atoms with Crippen molar-refractivity contribution in [2.45, 2.75) is 16.7 Å². The summed E-state index contributed by atoms with van der Waals surface area (Å²) in [5, 5.41) is 5.24. The highest BCUT2D eigenvalue weighted by Crippen LogP contribution is 2.31. The summed E-state index contributed by atoms with van der Waals surface area (Å²) in [6, 6.07) is 4.91. The summed E-state index contributed by atoms with van der Waals surface area (Å²) in [6.45, 7) is 1.93. The minimum Gasteiger partial charge on any atom is -0.225 e. The smallest absolute Gasteiger partial charge is 0.225 e. The predicted octanol–water partition coefficient (Wildman–Crippen LogP) is 2.10. The van der Waals surface area contributed by atoms with Crippen LogP contribution in [-0.2, 0) is 10.0 Å². The van der Waals surface area contributed by atoms with Gasteiger partial charge in [0.05, 0.1) is 5.02 Å². The van der Waals surface area contributed by atoms with Gasteiger partial charge in [0.2, 0.25) is 10.0 Å². The number of rotatable bonds is 3. The lowest BCUT2D eigenvalue weighted by Gasteiger charge is -2.07. The van der Waals surface area contributed by atoms with Crippen molar-refractivity contribution in [3.8, 4) is 0 Å². The van der Waals surface area contributed by atoms with E-state index < -0.39 is 10.0 Å². The highest BCUT2D eigenvalue weighted by molar-refractivity contribution is 8.00. The van der Waals surface area contributed by atoms with Crippen LogP contribution < -0.4 is 5.14 Å². The zero-order valence-electron chi connectivity index (χ0n) is 7.53. The lowest BCUT2D eigenvalue weighted by atomic mass is 10.4. The molecule has 0 fully saturated rings. The first-order valence-electron chi connectivity index (χ1n) is 3.91. The summed E-state index contributed by atoms with van der Waals surface area (Å²) in [7, 11) is -3.74. The van der Waals surface area contributed by atoms with Gasteiger partial charge in [0, 0.05) is 4.90 Å². The Labute approximate surface area is 92.7 Å². The summed E-state index contributed by atoms with van der Waals surface area (Å²) in [6.07, 6.45) is 0. The standard InChI is InChI=1S/C8H10ClNO2S2/c1-2-13-7-5-3-4-6(9)8(7)14(10,11)12/h3-5H,2H2,1H3,(H2,10,11,12). The quantitative estimate of drug-likeness (QED) is 0.837. The van der Waals surface area contributed by atoms with Gasteiger partial charge in [0.15, 0.2) is 0 Å². The molecule has 1 aromatic carbocycles. The van der Waals surface area contributed by atoms with Gasteiger partial charge < -0.3 is 0 Å². The molecule has 0 radical (unpaired) electrons. The Morgan fingerprint density at radius 1 is 1.50 bits per heavy atom. The minimum atomic E-state index is -3.74. The third kappa shape index (κ3) is 2.63. The van der Waals surface area contributed by atoms with E-state index in [0.717, 1.165) is 5.75 Å². The van der Waals surface area contributed by atoms with E-state index in [1.54, 1.807) is 12.1 Å². The van der Waals surface area contributed by atoms with Crippen molar-refractivity contribution >= 4 is 33.4 Å². The Kier molecular flexibility index (Phi) is 3.83. The molecule has 0 atom stereocenters. The van der Waals surface area contributed by atoms with Crippen LogP contribution in [0.5, 0.6) is 0 Å². The first kappa shape index (κ1) is 11.8. The molecule has 0 aliphatic heterocycles. The fourth-order valence-corrected chi connectivity index (χ4v) is 3.53. The summed E-state index contributed by atoms with van der Waals surface area (Å²) in [5.41, 5.74) is 0. The first-order chi connectivity index (χ1) is 6.46. The Morgan fingerprint density at radius 3 is 2.64 bits per heavy atom. The van der Waals surface area contributed by atoms with Crippen LogP contribution in [-0.4, -0.2) is 14.2 Å². The Bertz CT molecular complexity index is 431. The van der Waals surface area contributed by atoms with Gasteiger partial charge in [-0.1, -0.05) is 24.6 Å². The minimum absolute atomic E-state index is 0.0218. The number of thioether (sulfide) groups is 1. The van der Waals surface area contributed by atoms with E-state index in [1.165, 1.54) is 17.8 Å². The van der Waals surface area contributed by atoms with Gasteiger partial charge >= 0.3 is 0 Å². The molecule has 1 aromatic rings. The zero-order chi connectivity index (χ0) is 10.8. The van der Waals surface area contributed by atoms with Crippen LogP contribution in [0, 0.1) is 0 Å². The second-order valence-electron chi connectivity index (χ2n) is 2.55. The molecule has 0 aliphatic rings. The lowest BCUT2D eigenvalue weighted by Crippen LogP contribution is -2.13. The molecule has 0 heterocycles. The van der Waals surface area contributed by atoms with Crippen molar-refractivity contribution < 1.29 is 8.42 Å². The van der Waals surface area contributed by atoms with Gasteiger partial charge in [-0.15, -0.1) is 11.8 Å². The third-order valence-corrected chi connectivity index (χ3v) is 4.02. The van der Waals surface area contributed by atoms with Crippen LogP contribution in [0.25, 0.3) is 0 Å². The number of benzene rings is 1. The van der Waals surface area contributed by atoms with Gasteiger partial charge in [0.1, 0.15) is 4.90 Å². The van der Waals surface area contributed by atoms with Crippen LogP contribution in [0.15, 0.2) is 28.0 Å². The fourth-order valence-electron chi connectivity index (χ4n) is 1.03. The van der Waals surface area contributed by atoms with E-state index in [4.69, 9.17) is 16.7 Å². The van der Waals surface area contributed by atoms with E-state index in [1.807, 2.05) is 6.92 Å². The molecule has 0 aliphatic carbocycles. The number of primary sulfonamides is 1. The van der Waals surface area contributed by atoms with Crippen molar-refractivity contribution in [3.63, 3.8) is 0 Å². The fraction of sp³-hybridized carbons (Fsp3) is 0.250. The summed E-state index contributed by atoms with van der Waals surface area (Å²) < 4.78 is 22.5. The Morgan fingerprint density at radius 2 is 2.14 bits per heavy atom. The van der Waals surface area contributed by atoms with E-state index in [-0.39, 0.29) is 9.92 Å². The average molecular weight is 252 g/mol. The van der Waals surface area contributed by atoms with Gasteiger partial charge in [-0.3, -0.25) is 0 Å². The van der Waals surface area contributed by atoms with Gasteiger partial charge in [0.25, 0.3) is 0 Å². The van der Waals surface area contributed by atoms with Crippen LogP contribution in [0.2, 0.25) is 5.02 Å². The number of nitrogens with two attached hydrogens (primary N) is 1. The molecule has 0 bridgehead atoms. The largest absolute Gasteiger partial charge is 0.240 e. The Hall–Kier alpha value is -0.230. The molecular weight excluding hydrogens is 242 g/mol. The normalized spacial score (nSPS) is 11.6. The van der Waals surface area contributed by atoms with E-state index in [9.17, 15) is 8.42 Å². The molecule has 78 valence electrons. The van der Waals surface area contributed by atoms with E-state index in [0.29, 0.717) is 4.90 Å². The van der Waals surface area contributed by atoms with Crippen molar-refractivity contribution in [1.29, 1.82) is 0 Å². The second kappa shape index (κ2) is 4.53. The van der Waals surface area contributed by atoms with Crippen molar-refractivity contribution in [2.75, 3.05) is 5.75 Å². The van der Waals surface area contributed by atoms with Crippen molar-refractivity contribution in [1.82, 2.24) is 0 Å². The molecule has 3 nitrogen and oxygen atoms in total. The topological polar surface area (TPSA) is 60.2 Å². The number of sulfonamides is 1. The van der Waals surface area contributed by atoms with Crippen LogP contribution in [0.1, 0.15) is 6.92 Å². The maximum absolute atomic E-state index is 11.2. The summed E-state index contributed by atoms with van der Waals surface area (Å²) in [5.74, 6) is 0.767. The van der Waals surface area contributed by atoms with Gasteiger partial charge in [-0.2, -0.15) is 0 Å². The maximum atomic E-state index is 11.2. The SMILES string of the molecule is CCSc1cccc(Cl)c1S(N)(=O)=O. The Balaban J connectivity index is 3.37. The number of hydrogen-bond donors (Lipinski definition) is 1. The molecule has 1 rings (SSSR count). The van der Waals surface area contributed by atoms with Crippen LogP contribution >= 0.6 is 23.4 Å². The van der Waals surface area contributed by atoms with Crippen LogP contribution in [0.4, 0.5) is 0 Å². The molecule has 6 heteroatoms. The molecule has 14 heavy (non-hydrogen) atoms. The highest BCUT2D eigenvalue weighted by atomic mass is 35.5. The number of hydrogen-bond acceptors (Lipinski definition) is 3. The monoisotopic (exact) mass is 251 g/mol. The van der Waals surface area contributed by atoms with Crippen LogP contribution in [0.3, 0.4) is 0 Å². The molecular formula is C8H10ClNO2S2. The molecule has 0 amide bonds. The molecule has 0 saturated heterocycles. The molecule has 0 unspecified atom stereocenters. The zero-order valence-corrected chi connectivity index (χ0v) is 9.92. The number of halogens is 1. The lowest BCUT2D eigenvalue weighted by molar-refractivity contribution is 0.596. The summed E-state index contributed by atoms with van der Waals surface area (Å²) >= 11 is 7.18. The highest BCUT2D eigenvalue weighted by Gasteiger charge is 2.17. The molecule has 0 saturated carbocycles. The summed E-state index contributed by atoms with van der Waals surface area (Å²) in [4.78, 5) is 0.621. The van der Waals surface area contributed by atoms with Gasteiger partial charge in [-0.25, -0.2) is 13.6 Å². The molecule has 0 aromatic heterocycles. The van der Waals surface area contributed by atoms with Gasteiger partial charge in [-0.05, 0) is 17.9 Å². The second-order valence-corrected chi connectivity index (χ2v) is 5.76. The first-order valence-corrected chi connectivity index (χ1v) is 6.82. The maximum Gasteiger partial charge on any atom is 0.240 e. The van der Waals surface area contributed by atoms with Crippen molar-refractivity contribution in [3.05, 3.63) is 23.2 Å². The van der Waals surface area contributed by atoms with Crippen molar-refractivity contribution in [2.24, 2.45) is 5.14 Å². The van der Waals surface area contributed by atoms with E-state index in [2.05, 4.69) is 0 Å². The average Bonchev–Trinajstić information content (AvgIpc) is 2.02. The predicted molar refractivity (Wildman–Crippen MR) is 59.2 cm³/mol. The molecule has 0 spiro atoms.